The molecule has 3 nitrogen and oxygen atoms in total. The van der Waals surface area contributed by atoms with Crippen LogP contribution in [0.1, 0.15) is 62.6 Å². The molecule has 0 aliphatic heterocycles. The van der Waals surface area contributed by atoms with Gasteiger partial charge in [0.1, 0.15) is 0 Å². The van der Waals surface area contributed by atoms with E-state index in [2.05, 4.69) is 13.8 Å². The fourth-order valence-electron chi connectivity index (χ4n) is 2.71. The second-order valence-corrected chi connectivity index (χ2v) is 6.53. The van der Waals surface area contributed by atoms with Gasteiger partial charge in [-0.1, -0.05) is 39.7 Å². The van der Waals surface area contributed by atoms with Crippen molar-refractivity contribution < 1.29 is 13.0 Å². The molecule has 0 saturated carbocycles. The maximum Gasteiger partial charge on any atom is 0.294 e. The summed E-state index contributed by atoms with van der Waals surface area (Å²) < 4.78 is 32.3. The molecule has 1 aromatic carbocycles. The topological polar surface area (TPSA) is 54.4 Å². The van der Waals surface area contributed by atoms with Gasteiger partial charge in [0.2, 0.25) is 0 Å². The zero-order valence-electron chi connectivity index (χ0n) is 12.2. The summed E-state index contributed by atoms with van der Waals surface area (Å²) >= 11 is 0. The van der Waals surface area contributed by atoms with E-state index in [0.29, 0.717) is 12.3 Å². The predicted molar refractivity (Wildman–Crippen MR) is 78.3 cm³/mol. The third kappa shape index (κ3) is 3.80. The summed E-state index contributed by atoms with van der Waals surface area (Å²) in [6, 6.07) is 3.31. The zero-order chi connectivity index (χ0) is 14.6. The number of hydrogen-bond acceptors (Lipinski definition) is 2. The van der Waals surface area contributed by atoms with Gasteiger partial charge in [-0.2, -0.15) is 8.42 Å². The number of unbranched alkanes of at least 4 members (excludes halogenated alkanes) is 1. The summed E-state index contributed by atoms with van der Waals surface area (Å²) in [4.78, 5) is 0.0685. The molecule has 1 N–H and O–H groups in total. The average molecular weight is 284 g/mol. The van der Waals surface area contributed by atoms with Crippen LogP contribution in [-0.4, -0.2) is 13.0 Å². The Morgan fingerprint density at radius 3 is 2.37 bits per heavy atom. The Morgan fingerprint density at radius 1 is 1.26 bits per heavy atom. The Balaban J connectivity index is 3.37. The molecule has 108 valence electrons. The second kappa shape index (κ2) is 6.53. The molecular formula is C15H24O3S. The van der Waals surface area contributed by atoms with Gasteiger partial charge in [0.05, 0.1) is 4.90 Å². The minimum absolute atomic E-state index is 0.0685. The summed E-state index contributed by atoms with van der Waals surface area (Å²) in [5.41, 5.74) is 2.96. The maximum atomic E-state index is 11.5. The highest BCUT2D eigenvalue weighted by Gasteiger charge is 2.21. The number of hydrogen-bond donors (Lipinski definition) is 1. The smallest absolute Gasteiger partial charge is 0.282 e. The summed E-state index contributed by atoms with van der Waals surface area (Å²) in [5, 5.41) is 0. The van der Waals surface area contributed by atoms with E-state index in [0.717, 1.165) is 36.0 Å². The fourth-order valence-corrected chi connectivity index (χ4v) is 3.51. The van der Waals surface area contributed by atoms with E-state index >= 15 is 0 Å². The zero-order valence-corrected chi connectivity index (χ0v) is 13.0. The molecule has 0 aromatic heterocycles. The molecule has 1 rings (SSSR count). The van der Waals surface area contributed by atoms with Gasteiger partial charge in [-0.25, -0.2) is 0 Å². The first-order valence-corrected chi connectivity index (χ1v) is 8.36. The molecule has 0 bridgehead atoms. The minimum Gasteiger partial charge on any atom is -0.282 e. The van der Waals surface area contributed by atoms with Gasteiger partial charge in [0.15, 0.2) is 0 Å². The van der Waals surface area contributed by atoms with Crippen molar-refractivity contribution in [1.82, 2.24) is 0 Å². The van der Waals surface area contributed by atoms with Crippen LogP contribution < -0.4 is 0 Å². The molecule has 1 aromatic rings. The molecule has 0 heterocycles. The van der Waals surface area contributed by atoms with Crippen LogP contribution in [0.4, 0.5) is 0 Å². The largest absolute Gasteiger partial charge is 0.294 e. The van der Waals surface area contributed by atoms with Crippen molar-refractivity contribution >= 4 is 10.1 Å². The lowest BCUT2D eigenvalue weighted by Gasteiger charge is -2.20. The molecule has 1 unspecified atom stereocenters. The van der Waals surface area contributed by atoms with Crippen LogP contribution in [0.2, 0.25) is 0 Å². The molecule has 0 spiro atoms. The van der Waals surface area contributed by atoms with Crippen molar-refractivity contribution in [2.45, 2.75) is 64.2 Å². The van der Waals surface area contributed by atoms with Gasteiger partial charge in [-0.05, 0) is 48.4 Å². The van der Waals surface area contributed by atoms with Crippen molar-refractivity contribution in [3.8, 4) is 0 Å². The maximum absolute atomic E-state index is 11.5. The van der Waals surface area contributed by atoms with E-state index in [1.807, 2.05) is 13.8 Å². The van der Waals surface area contributed by atoms with Crippen LogP contribution in [0, 0.1) is 6.92 Å². The van der Waals surface area contributed by atoms with E-state index < -0.39 is 10.1 Å². The standard InChI is InChI=1S/C15H24O3S/c1-5-7-8-11(3)15-12(4)9-10-14(13(15)6-2)19(16,17)18/h9-11H,5-8H2,1-4H3,(H,16,17,18). The first-order chi connectivity index (χ1) is 8.82. The highest BCUT2D eigenvalue weighted by Crippen LogP contribution is 2.32. The Morgan fingerprint density at radius 2 is 1.89 bits per heavy atom. The molecule has 1 atom stereocenters. The highest BCUT2D eigenvalue weighted by atomic mass is 32.2. The first kappa shape index (κ1) is 16.2. The number of rotatable bonds is 6. The Kier molecular flexibility index (Phi) is 5.56. The van der Waals surface area contributed by atoms with Gasteiger partial charge >= 0.3 is 0 Å². The van der Waals surface area contributed by atoms with Crippen LogP contribution in [0.5, 0.6) is 0 Å². The fraction of sp³-hybridized carbons (Fsp3) is 0.600. The molecule has 0 radical (unpaired) electrons. The Bertz CT molecular complexity index is 533. The van der Waals surface area contributed by atoms with E-state index in [1.165, 1.54) is 6.07 Å². The van der Waals surface area contributed by atoms with Crippen molar-refractivity contribution in [3.05, 3.63) is 28.8 Å². The number of aryl methyl sites for hydroxylation is 1. The van der Waals surface area contributed by atoms with Gasteiger partial charge < -0.3 is 0 Å². The van der Waals surface area contributed by atoms with Crippen LogP contribution in [0.3, 0.4) is 0 Å². The normalized spacial score (nSPS) is 13.5. The van der Waals surface area contributed by atoms with Gasteiger partial charge in [-0.3, -0.25) is 4.55 Å². The third-order valence-electron chi connectivity index (χ3n) is 3.65. The SMILES string of the molecule is CCCCC(C)c1c(C)ccc(S(=O)(=O)O)c1CC. The molecule has 0 amide bonds. The van der Waals surface area contributed by atoms with E-state index in [4.69, 9.17) is 0 Å². The van der Waals surface area contributed by atoms with E-state index in [-0.39, 0.29) is 4.90 Å². The first-order valence-electron chi connectivity index (χ1n) is 6.92. The Hall–Kier alpha value is -0.870. The Labute approximate surface area is 116 Å². The number of benzene rings is 1. The van der Waals surface area contributed by atoms with Crippen LogP contribution in [0.25, 0.3) is 0 Å². The van der Waals surface area contributed by atoms with E-state index in [1.54, 1.807) is 6.07 Å². The second-order valence-electron chi connectivity index (χ2n) is 5.14. The van der Waals surface area contributed by atoms with Gasteiger partial charge in [-0.15, -0.1) is 0 Å². The molecule has 19 heavy (non-hydrogen) atoms. The van der Waals surface area contributed by atoms with Gasteiger partial charge in [0, 0.05) is 0 Å². The lowest BCUT2D eigenvalue weighted by atomic mass is 9.87. The van der Waals surface area contributed by atoms with Crippen molar-refractivity contribution in [1.29, 1.82) is 0 Å². The van der Waals surface area contributed by atoms with Crippen molar-refractivity contribution in [2.75, 3.05) is 0 Å². The lowest BCUT2D eigenvalue weighted by molar-refractivity contribution is 0.481. The quantitative estimate of drug-likeness (QED) is 0.800. The molecule has 4 heteroatoms. The third-order valence-corrected chi connectivity index (χ3v) is 4.59. The lowest BCUT2D eigenvalue weighted by Crippen LogP contribution is -2.09. The molecule has 0 fully saturated rings. The van der Waals surface area contributed by atoms with Crippen LogP contribution in [-0.2, 0) is 16.5 Å². The molecule has 0 aliphatic carbocycles. The van der Waals surface area contributed by atoms with Crippen LogP contribution >= 0.6 is 0 Å². The molecule has 0 saturated heterocycles. The average Bonchev–Trinajstić information content (AvgIpc) is 2.33. The molecular weight excluding hydrogens is 260 g/mol. The van der Waals surface area contributed by atoms with Crippen molar-refractivity contribution in [2.24, 2.45) is 0 Å². The van der Waals surface area contributed by atoms with Crippen LogP contribution in [0.15, 0.2) is 17.0 Å². The van der Waals surface area contributed by atoms with E-state index in [9.17, 15) is 13.0 Å². The summed E-state index contributed by atoms with van der Waals surface area (Å²) in [6.45, 7) is 8.21. The summed E-state index contributed by atoms with van der Waals surface area (Å²) in [5.74, 6) is 0.316. The minimum atomic E-state index is -4.14. The van der Waals surface area contributed by atoms with Gasteiger partial charge in [0.25, 0.3) is 10.1 Å². The predicted octanol–water partition coefficient (Wildman–Crippen LogP) is 4.10. The summed E-state index contributed by atoms with van der Waals surface area (Å²) in [7, 11) is -4.14. The monoisotopic (exact) mass is 284 g/mol. The molecule has 0 aliphatic rings. The van der Waals surface area contributed by atoms with Crippen molar-refractivity contribution in [3.63, 3.8) is 0 Å². The highest BCUT2D eigenvalue weighted by molar-refractivity contribution is 7.85. The summed E-state index contributed by atoms with van der Waals surface area (Å²) in [6.07, 6.45) is 3.91.